The Kier molecular flexibility index (Phi) is 2.84. The maximum Gasteiger partial charge on any atom is 0.138 e. The molecule has 88 valence electrons. The van der Waals surface area contributed by atoms with E-state index in [9.17, 15) is 4.39 Å². The van der Waals surface area contributed by atoms with Gasteiger partial charge in [0.2, 0.25) is 0 Å². The Bertz CT molecular complexity index is 408. The summed E-state index contributed by atoms with van der Waals surface area (Å²) in [6.07, 6.45) is 0.853. The van der Waals surface area contributed by atoms with E-state index in [1.54, 1.807) is 6.07 Å². The highest BCUT2D eigenvalue weighted by atomic mass is 35.5. The Morgan fingerprint density at radius 1 is 1.50 bits per heavy atom. The molecule has 1 aromatic rings. The Hall–Kier alpha value is -0.800. The summed E-state index contributed by atoms with van der Waals surface area (Å²) < 4.78 is 18.6. The number of rotatable bonds is 2. The van der Waals surface area contributed by atoms with Crippen LogP contribution >= 0.6 is 11.6 Å². The van der Waals surface area contributed by atoms with E-state index < -0.39 is 0 Å². The van der Waals surface area contributed by atoms with Gasteiger partial charge >= 0.3 is 0 Å². The number of halogens is 2. The Labute approximate surface area is 99.5 Å². The second kappa shape index (κ2) is 3.90. The lowest BCUT2D eigenvalue weighted by Gasteiger charge is -2.49. The van der Waals surface area contributed by atoms with Crippen molar-refractivity contribution in [2.75, 3.05) is 0 Å². The van der Waals surface area contributed by atoms with Crippen molar-refractivity contribution < 1.29 is 9.13 Å². The molecule has 0 aliphatic heterocycles. The molecule has 0 amide bonds. The van der Waals surface area contributed by atoms with Crippen LogP contribution in [0, 0.1) is 11.2 Å². The molecule has 1 fully saturated rings. The lowest BCUT2D eigenvalue weighted by atomic mass is 9.65. The van der Waals surface area contributed by atoms with Gasteiger partial charge in [0.05, 0.1) is 5.02 Å². The summed E-state index contributed by atoms with van der Waals surface area (Å²) in [6, 6.07) is 4.30. The van der Waals surface area contributed by atoms with Gasteiger partial charge in [-0.3, -0.25) is 0 Å². The predicted octanol–water partition coefficient (Wildman–Crippen LogP) is 2.98. The van der Waals surface area contributed by atoms with Crippen LogP contribution in [0.4, 0.5) is 4.39 Å². The highest BCUT2D eigenvalue weighted by Gasteiger charge is 2.48. The van der Waals surface area contributed by atoms with Gasteiger partial charge < -0.3 is 10.5 Å². The molecule has 16 heavy (non-hydrogen) atoms. The van der Waals surface area contributed by atoms with Crippen LogP contribution in [0.25, 0.3) is 0 Å². The van der Waals surface area contributed by atoms with Crippen molar-refractivity contribution in [3.05, 3.63) is 29.0 Å². The minimum Gasteiger partial charge on any atom is -0.488 e. The van der Waals surface area contributed by atoms with Crippen LogP contribution in [-0.4, -0.2) is 12.1 Å². The quantitative estimate of drug-likeness (QED) is 0.867. The fraction of sp³-hybridized carbons (Fsp3) is 0.500. The first-order chi connectivity index (χ1) is 7.41. The van der Waals surface area contributed by atoms with Crippen molar-refractivity contribution in [2.24, 2.45) is 11.1 Å². The highest BCUT2D eigenvalue weighted by molar-refractivity contribution is 6.32. The van der Waals surface area contributed by atoms with E-state index in [2.05, 4.69) is 13.8 Å². The van der Waals surface area contributed by atoms with Gasteiger partial charge in [0.1, 0.15) is 17.7 Å². The number of benzene rings is 1. The molecule has 2 atom stereocenters. The average molecular weight is 244 g/mol. The van der Waals surface area contributed by atoms with Crippen LogP contribution in [0.1, 0.15) is 20.3 Å². The zero-order valence-corrected chi connectivity index (χ0v) is 10.1. The largest absolute Gasteiger partial charge is 0.488 e. The van der Waals surface area contributed by atoms with E-state index in [0.717, 1.165) is 6.42 Å². The predicted molar refractivity (Wildman–Crippen MR) is 62.2 cm³/mol. The summed E-state index contributed by atoms with van der Waals surface area (Å²) in [4.78, 5) is 0. The third-order valence-corrected chi connectivity index (χ3v) is 3.71. The van der Waals surface area contributed by atoms with Crippen LogP contribution in [0.2, 0.25) is 5.02 Å². The van der Waals surface area contributed by atoms with Crippen molar-refractivity contribution in [1.82, 2.24) is 0 Å². The smallest absolute Gasteiger partial charge is 0.138 e. The Morgan fingerprint density at radius 2 is 2.19 bits per heavy atom. The molecule has 0 aromatic heterocycles. The average Bonchev–Trinajstić information content (AvgIpc) is 2.21. The second-order valence-corrected chi connectivity index (χ2v) is 5.25. The molecule has 1 aromatic carbocycles. The van der Waals surface area contributed by atoms with E-state index in [1.807, 2.05) is 0 Å². The lowest BCUT2D eigenvalue weighted by molar-refractivity contribution is -0.0399. The molecule has 4 heteroatoms. The summed E-state index contributed by atoms with van der Waals surface area (Å²) in [6.45, 7) is 4.12. The second-order valence-electron chi connectivity index (χ2n) is 4.84. The van der Waals surface area contributed by atoms with Gasteiger partial charge in [-0.05, 0) is 18.2 Å². The van der Waals surface area contributed by atoms with Gasteiger partial charge in [-0.1, -0.05) is 25.4 Å². The van der Waals surface area contributed by atoms with E-state index in [0.29, 0.717) is 10.8 Å². The molecule has 2 nitrogen and oxygen atoms in total. The van der Waals surface area contributed by atoms with Crippen LogP contribution in [0.15, 0.2) is 18.2 Å². The van der Waals surface area contributed by atoms with Crippen LogP contribution < -0.4 is 10.5 Å². The fourth-order valence-corrected chi connectivity index (χ4v) is 2.05. The van der Waals surface area contributed by atoms with Crippen molar-refractivity contribution >= 4 is 11.6 Å². The van der Waals surface area contributed by atoms with Crippen molar-refractivity contribution in [3.63, 3.8) is 0 Å². The molecule has 2 rings (SSSR count). The molecule has 0 spiro atoms. The number of ether oxygens (including phenoxy) is 1. The molecule has 0 heterocycles. The van der Waals surface area contributed by atoms with Gasteiger partial charge in [0.25, 0.3) is 0 Å². The van der Waals surface area contributed by atoms with E-state index in [1.165, 1.54) is 12.1 Å². The first-order valence-electron chi connectivity index (χ1n) is 5.28. The van der Waals surface area contributed by atoms with Crippen molar-refractivity contribution in [3.8, 4) is 5.75 Å². The molecule has 0 radical (unpaired) electrons. The van der Waals surface area contributed by atoms with E-state index in [-0.39, 0.29) is 23.4 Å². The Morgan fingerprint density at radius 3 is 2.69 bits per heavy atom. The summed E-state index contributed by atoms with van der Waals surface area (Å²) in [5, 5.41) is 0.302. The first kappa shape index (κ1) is 11.7. The first-order valence-corrected chi connectivity index (χ1v) is 5.66. The summed E-state index contributed by atoms with van der Waals surface area (Å²) in [5.74, 6) is 0.162. The molecule has 1 saturated carbocycles. The van der Waals surface area contributed by atoms with Gasteiger partial charge in [-0.2, -0.15) is 0 Å². The van der Waals surface area contributed by atoms with Gasteiger partial charge in [0, 0.05) is 17.9 Å². The zero-order valence-electron chi connectivity index (χ0n) is 9.34. The Balaban J connectivity index is 2.11. The van der Waals surface area contributed by atoms with Crippen LogP contribution in [-0.2, 0) is 0 Å². The zero-order chi connectivity index (χ0) is 11.9. The number of hydrogen-bond acceptors (Lipinski definition) is 2. The molecule has 2 N–H and O–H groups in total. The SMILES string of the molecule is CC1(C)C(N)CC1Oc1ccc(F)cc1Cl. The molecular weight excluding hydrogens is 229 g/mol. The maximum absolute atomic E-state index is 12.8. The normalized spacial score (nSPS) is 27.3. The van der Waals surface area contributed by atoms with Crippen LogP contribution in [0.5, 0.6) is 5.75 Å². The third kappa shape index (κ3) is 1.89. The number of hydrogen-bond donors (Lipinski definition) is 1. The number of nitrogens with two attached hydrogens (primary N) is 1. The summed E-state index contributed by atoms with van der Waals surface area (Å²) in [5.41, 5.74) is 5.83. The van der Waals surface area contributed by atoms with Gasteiger partial charge in [-0.15, -0.1) is 0 Å². The molecule has 1 aliphatic carbocycles. The molecular formula is C12H15ClFNO. The summed E-state index contributed by atoms with van der Waals surface area (Å²) in [7, 11) is 0. The molecule has 1 aliphatic rings. The van der Waals surface area contributed by atoms with Gasteiger partial charge in [0.15, 0.2) is 0 Å². The molecule has 0 bridgehead atoms. The van der Waals surface area contributed by atoms with Crippen molar-refractivity contribution in [1.29, 1.82) is 0 Å². The van der Waals surface area contributed by atoms with Gasteiger partial charge in [-0.25, -0.2) is 4.39 Å². The maximum atomic E-state index is 12.8. The molecule has 0 saturated heterocycles. The standard InChI is InChI=1S/C12H15ClFNO/c1-12(2)10(15)6-11(12)16-9-4-3-7(14)5-8(9)13/h3-5,10-11H,6,15H2,1-2H3. The minimum absolute atomic E-state index is 0.0467. The monoisotopic (exact) mass is 243 g/mol. The fourth-order valence-electron chi connectivity index (χ4n) is 1.84. The lowest BCUT2D eigenvalue weighted by Crippen LogP contribution is -2.60. The summed E-state index contributed by atoms with van der Waals surface area (Å²) >= 11 is 5.89. The van der Waals surface area contributed by atoms with E-state index >= 15 is 0 Å². The van der Waals surface area contributed by atoms with Crippen LogP contribution in [0.3, 0.4) is 0 Å². The third-order valence-electron chi connectivity index (χ3n) is 3.42. The molecule has 2 unspecified atom stereocenters. The minimum atomic E-state index is -0.359. The van der Waals surface area contributed by atoms with Crippen molar-refractivity contribution in [2.45, 2.75) is 32.4 Å². The van der Waals surface area contributed by atoms with E-state index in [4.69, 9.17) is 22.1 Å². The topological polar surface area (TPSA) is 35.2 Å². The highest BCUT2D eigenvalue weighted by Crippen LogP contribution is 2.42.